The molecule has 0 bridgehead atoms. The van der Waals surface area contributed by atoms with Gasteiger partial charge in [0.05, 0.1) is 43.8 Å². The summed E-state index contributed by atoms with van der Waals surface area (Å²) in [6, 6.07) is 25.2. The van der Waals surface area contributed by atoms with Crippen molar-refractivity contribution in [3.63, 3.8) is 0 Å². The molecule has 0 radical (unpaired) electrons. The molecule has 0 fully saturated rings. The maximum atomic E-state index is 12.0. The van der Waals surface area contributed by atoms with Crippen molar-refractivity contribution in [2.75, 3.05) is 21.3 Å². The minimum absolute atomic E-state index is 0.147. The second kappa shape index (κ2) is 13.7. The van der Waals surface area contributed by atoms with E-state index in [-0.39, 0.29) is 5.56 Å². The number of esters is 1. The number of methoxy groups -OCH3 is 3. The topological polar surface area (TPSA) is 169 Å². The van der Waals surface area contributed by atoms with Crippen LogP contribution in [0.3, 0.4) is 0 Å². The van der Waals surface area contributed by atoms with Crippen LogP contribution in [0.1, 0.15) is 20.7 Å². The third-order valence-electron chi connectivity index (χ3n) is 6.57. The van der Waals surface area contributed by atoms with E-state index in [0.717, 1.165) is 16.7 Å². The van der Waals surface area contributed by atoms with Gasteiger partial charge in [0.15, 0.2) is 0 Å². The van der Waals surface area contributed by atoms with E-state index in [1.807, 2.05) is 54.6 Å². The number of hydrogen-bond acceptors (Lipinski definition) is 11. The first-order chi connectivity index (χ1) is 21.9. The van der Waals surface area contributed by atoms with Crippen molar-refractivity contribution in [1.29, 1.82) is 0 Å². The first-order valence-electron chi connectivity index (χ1n) is 13.3. The highest BCUT2D eigenvalue weighted by Crippen LogP contribution is 2.33. The normalized spacial score (nSPS) is 10.4. The summed E-state index contributed by atoms with van der Waals surface area (Å²) in [7, 11) is 4.52. The fourth-order valence-electron chi connectivity index (χ4n) is 4.48. The lowest BCUT2D eigenvalue weighted by molar-refractivity contribution is 0.0599. The smallest absolute Gasteiger partial charge is 0.337 e. The van der Waals surface area contributed by atoms with Crippen LogP contribution in [0.2, 0.25) is 0 Å². The Bertz CT molecular complexity index is 1930. The van der Waals surface area contributed by atoms with E-state index in [1.54, 1.807) is 38.5 Å². The zero-order valence-electron chi connectivity index (χ0n) is 24.3. The van der Waals surface area contributed by atoms with E-state index < -0.39 is 11.9 Å². The Morgan fingerprint density at radius 1 is 0.644 bits per heavy atom. The Balaban J connectivity index is 0.000000178. The summed E-state index contributed by atoms with van der Waals surface area (Å²) in [4.78, 5) is 23.3. The molecule has 0 spiro atoms. The van der Waals surface area contributed by atoms with Gasteiger partial charge in [-0.15, -0.1) is 10.2 Å². The van der Waals surface area contributed by atoms with E-state index in [4.69, 9.17) is 14.2 Å². The number of para-hydroxylation sites is 2. The molecule has 0 aliphatic rings. The molecular weight excluding hydrogens is 580 g/mol. The van der Waals surface area contributed by atoms with Crippen LogP contribution in [0.15, 0.2) is 97.6 Å². The van der Waals surface area contributed by atoms with E-state index >= 15 is 0 Å². The lowest BCUT2D eigenvalue weighted by Crippen LogP contribution is -2.04. The summed E-state index contributed by atoms with van der Waals surface area (Å²) >= 11 is 0. The van der Waals surface area contributed by atoms with Gasteiger partial charge in [0.25, 0.3) is 0 Å². The second-order valence-electron chi connectivity index (χ2n) is 9.24. The van der Waals surface area contributed by atoms with Crippen LogP contribution >= 0.6 is 0 Å². The molecule has 1 N–H and O–H groups in total. The molecule has 226 valence electrons. The largest absolute Gasteiger partial charge is 0.496 e. The number of benzene rings is 4. The van der Waals surface area contributed by atoms with Crippen LogP contribution in [-0.2, 0) is 4.74 Å². The summed E-state index contributed by atoms with van der Waals surface area (Å²) in [5.74, 6) is -0.0907. The van der Waals surface area contributed by atoms with E-state index in [1.165, 1.54) is 35.2 Å². The number of carbonyl (C=O) groups excluding carboxylic acids is 1. The average Bonchev–Trinajstić information content (AvgIpc) is 3.84. The molecule has 0 saturated carbocycles. The number of tetrazole rings is 2. The second-order valence-corrected chi connectivity index (χ2v) is 9.24. The Morgan fingerprint density at radius 3 is 1.53 bits per heavy atom. The molecule has 0 atom stereocenters. The predicted octanol–water partition coefficient (Wildman–Crippen LogP) is 4.16. The molecule has 0 aliphatic heterocycles. The lowest BCUT2D eigenvalue weighted by atomic mass is 10.0. The number of nitrogens with zero attached hydrogens (tertiary/aromatic N) is 8. The van der Waals surface area contributed by atoms with Crippen LogP contribution in [0.5, 0.6) is 11.5 Å². The maximum absolute atomic E-state index is 12.0. The van der Waals surface area contributed by atoms with Gasteiger partial charge in [-0.1, -0.05) is 36.4 Å². The molecule has 14 heteroatoms. The quantitative estimate of drug-likeness (QED) is 0.246. The van der Waals surface area contributed by atoms with Crippen molar-refractivity contribution >= 4 is 11.9 Å². The zero-order chi connectivity index (χ0) is 31.8. The van der Waals surface area contributed by atoms with Gasteiger partial charge in [0, 0.05) is 11.1 Å². The first kappa shape index (κ1) is 30.0. The Morgan fingerprint density at radius 2 is 1.11 bits per heavy atom. The van der Waals surface area contributed by atoms with Crippen molar-refractivity contribution in [2.24, 2.45) is 0 Å². The first-order valence-corrected chi connectivity index (χ1v) is 13.3. The van der Waals surface area contributed by atoms with Crippen molar-refractivity contribution < 1.29 is 28.9 Å². The molecule has 0 saturated heterocycles. The molecule has 14 nitrogen and oxygen atoms in total. The van der Waals surface area contributed by atoms with Gasteiger partial charge in [-0.3, -0.25) is 0 Å². The van der Waals surface area contributed by atoms with Gasteiger partial charge >= 0.3 is 11.9 Å². The number of carbonyl (C=O) groups is 2. The van der Waals surface area contributed by atoms with Crippen LogP contribution in [0.25, 0.3) is 33.6 Å². The number of ether oxygens (including phenoxy) is 3. The summed E-state index contributed by atoms with van der Waals surface area (Å²) in [6.45, 7) is 0. The van der Waals surface area contributed by atoms with E-state index in [2.05, 4.69) is 31.1 Å². The van der Waals surface area contributed by atoms with Gasteiger partial charge in [0.1, 0.15) is 24.2 Å². The summed E-state index contributed by atoms with van der Waals surface area (Å²) < 4.78 is 18.4. The molecule has 2 aromatic heterocycles. The standard InChI is InChI=1S/C16H14N4O3.C15H12N4O3/c1-22-15-6-4-3-5-14(15)11-7-12(16(21)23-2)9-13(8-11)20-10-17-18-19-20;1-22-14-5-3-2-4-13(14)10-6-11(15(20)21)8-12(7-10)19-9-16-17-18-19/h3-10H,1-2H3;2-9H,1H3,(H,20,21). The highest BCUT2D eigenvalue weighted by Gasteiger charge is 2.15. The van der Waals surface area contributed by atoms with Gasteiger partial charge in [0.2, 0.25) is 0 Å². The average molecular weight is 607 g/mol. The van der Waals surface area contributed by atoms with Crippen molar-refractivity contribution in [3.05, 3.63) is 109 Å². The minimum atomic E-state index is -1.02. The van der Waals surface area contributed by atoms with Crippen molar-refractivity contribution in [3.8, 4) is 45.1 Å². The van der Waals surface area contributed by atoms with E-state index in [0.29, 0.717) is 34.0 Å². The van der Waals surface area contributed by atoms with Crippen molar-refractivity contribution in [1.82, 2.24) is 40.4 Å². The third kappa shape index (κ3) is 6.80. The fraction of sp³-hybridized carbons (Fsp3) is 0.0968. The van der Waals surface area contributed by atoms with Gasteiger partial charge in [-0.05, 0) is 80.5 Å². The SMILES string of the molecule is COC(=O)c1cc(-c2ccccc2OC)cc(-n2cnnn2)c1.COc1ccccc1-c1cc(C(=O)O)cc(-n2cnnn2)c1. The molecule has 0 unspecified atom stereocenters. The fourth-order valence-corrected chi connectivity index (χ4v) is 4.48. The molecule has 2 heterocycles. The molecule has 0 aliphatic carbocycles. The van der Waals surface area contributed by atoms with Gasteiger partial charge in [-0.2, -0.15) is 0 Å². The van der Waals surface area contributed by atoms with E-state index in [9.17, 15) is 14.7 Å². The zero-order valence-corrected chi connectivity index (χ0v) is 24.3. The highest BCUT2D eigenvalue weighted by atomic mass is 16.5. The van der Waals surface area contributed by atoms with Crippen LogP contribution < -0.4 is 9.47 Å². The van der Waals surface area contributed by atoms with Gasteiger partial charge in [-0.25, -0.2) is 19.0 Å². The third-order valence-corrected chi connectivity index (χ3v) is 6.57. The number of carboxylic acid groups (broad SMARTS) is 1. The number of hydrogen-bond donors (Lipinski definition) is 1. The lowest BCUT2D eigenvalue weighted by Gasteiger charge is -2.11. The van der Waals surface area contributed by atoms with Crippen LogP contribution in [-0.4, -0.2) is 78.8 Å². The summed E-state index contributed by atoms with van der Waals surface area (Å²) in [6.07, 6.45) is 2.87. The van der Waals surface area contributed by atoms with Crippen LogP contribution in [0, 0.1) is 0 Å². The number of aromatic nitrogens is 8. The Kier molecular flexibility index (Phi) is 9.14. The molecule has 0 amide bonds. The van der Waals surface area contributed by atoms with Gasteiger partial charge < -0.3 is 19.3 Å². The minimum Gasteiger partial charge on any atom is -0.496 e. The van der Waals surface area contributed by atoms with Crippen molar-refractivity contribution in [2.45, 2.75) is 0 Å². The Labute approximate surface area is 256 Å². The molecule has 6 rings (SSSR count). The number of carboxylic acids is 1. The monoisotopic (exact) mass is 606 g/mol. The molecule has 45 heavy (non-hydrogen) atoms. The Hall–Kier alpha value is -6.44. The molecule has 4 aromatic carbocycles. The summed E-state index contributed by atoms with van der Waals surface area (Å²) in [5.41, 5.74) is 4.93. The predicted molar refractivity (Wildman–Crippen MR) is 161 cm³/mol. The number of aromatic carboxylic acids is 1. The molecule has 6 aromatic rings. The summed E-state index contributed by atoms with van der Waals surface area (Å²) in [5, 5.41) is 31.4. The number of rotatable bonds is 8. The molecular formula is C31H26N8O6. The van der Waals surface area contributed by atoms with Crippen LogP contribution in [0.4, 0.5) is 0 Å². The maximum Gasteiger partial charge on any atom is 0.337 e. The highest BCUT2D eigenvalue weighted by molar-refractivity contribution is 5.92.